The molecule has 0 bridgehead atoms. The normalized spacial score (nSPS) is 10.0. The molecule has 1 aromatic carbocycles. The molecule has 0 atom stereocenters. The summed E-state index contributed by atoms with van der Waals surface area (Å²) < 4.78 is 23.4. The molecule has 0 aliphatic carbocycles. The van der Waals surface area contributed by atoms with Crippen molar-refractivity contribution in [2.75, 3.05) is 12.8 Å². The number of rotatable bonds is 3. The Morgan fingerprint density at radius 3 is 2.82 bits per heavy atom. The van der Waals surface area contributed by atoms with Gasteiger partial charge in [0, 0.05) is 18.3 Å². The van der Waals surface area contributed by atoms with Crippen molar-refractivity contribution >= 4 is 5.69 Å². The van der Waals surface area contributed by atoms with Crippen molar-refractivity contribution in [2.24, 2.45) is 0 Å². The number of nitrogen functional groups attached to an aromatic ring is 1. The van der Waals surface area contributed by atoms with Crippen LogP contribution in [-0.4, -0.2) is 12.1 Å². The summed E-state index contributed by atoms with van der Waals surface area (Å²) in [5.41, 5.74) is 6.03. The maximum atomic E-state index is 13.0. The lowest BCUT2D eigenvalue weighted by molar-refractivity contribution is 0.392. The van der Waals surface area contributed by atoms with Crippen molar-refractivity contribution in [3.05, 3.63) is 42.3 Å². The van der Waals surface area contributed by atoms with Gasteiger partial charge in [-0.3, -0.25) is 0 Å². The number of aromatic nitrogens is 1. The molecular formula is C12H11FN2O2. The van der Waals surface area contributed by atoms with Gasteiger partial charge in [0.2, 0.25) is 5.88 Å². The van der Waals surface area contributed by atoms with E-state index in [9.17, 15) is 4.39 Å². The van der Waals surface area contributed by atoms with Gasteiger partial charge in [0.15, 0.2) is 5.75 Å². The summed E-state index contributed by atoms with van der Waals surface area (Å²) in [6, 6.07) is 7.16. The lowest BCUT2D eigenvalue weighted by atomic mass is 10.3. The first-order valence-electron chi connectivity index (χ1n) is 4.92. The second-order valence-electron chi connectivity index (χ2n) is 3.32. The highest BCUT2D eigenvalue weighted by molar-refractivity contribution is 5.53. The molecule has 0 radical (unpaired) electrons. The molecule has 2 aromatic rings. The van der Waals surface area contributed by atoms with E-state index in [0.29, 0.717) is 17.3 Å². The van der Waals surface area contributed by atoms with Crippen LogP contribution in [0.25, 0.3) is 0 Å². The summed E-state index contributed by atoms with van der Waals surface area (Å²) in [7, 11) is 1.50. The average Bonchev–Trinajstić information content (AvgIpc) is 2.34. The molecule has 1 aromatic heterocycles. The summed E-state index contributed by atoms with van der Waals surface area (Å²) in [6.45, 7) is 0. The van der Waals surface area contributed by atoms with Crippen LogP contribution in [0.2, 0.25) is 0 Å². The highest BCUT2D eigenvalue weighted by atomic mass is 19.1. The molecule has 0 aliphatic heterocycles. The van der Waals surface area contributed by atoms with E-state index in [-0.39, 0.29) is 5.75 Å². The Balaban J connectivity index is 2.27. The summed E-state index contributed by atoms with van der Waals surface area (Å²) in [6.07, 6.45) is 1.53. The van der Waals surface area contributed by atoms with E-state index >= 15 is 0 Å². The van der Waals surface area contributed by atoms with E-state index in [1.54, 1.807) is 12.1 Å². The molecule has 0 unspecified atom stereocenters. The van der Waals surface area contributed by atoms with E-state index < -0.39 is 5.82 Å². The molecule has 88 valence electrons. The van der Waals surface area contributed by atoms with Crippen LogP contribution >= 0.6 is 0 Å². The maximum Gasteiger partial charge on any atom is 0.216 e. The fourth-order valence-electron chi connectivity index (χ4n) is 1.29. The van der Waals surface area contributed by atoms with Crippen LogP contribution in [0, 0.1) is 5.82 Å². The average molecular weight is 234 g/mol. The molecule has 17 heavy (non-hydrogen) atoms. The van der Waals surface area contributed by atoms with E-state index in [1.165, 1.54) is 31.5 Å². The second kappa shape index (κ2) is 4.69. The Kier molecular flexibility index (Phi) is 3.09. The van der Waals surface area contributed by atoms with E-state index in [0.717, 1.165) is 0 Å². The van der Waals surface area contributed by atoms with Gasteiger partial charge in [-0.15, -0.1) is 0 Å². The predicted octanol–water partition coefficient (Wildman–Crippen LogP) is 2.60. The molecule has 1 heterocycles. The number of benzene rings is 1. The lowest BCUT2D eigenvalue weighted by Gasteiger charge is -2.08. The zero-order chi connectivity index (χ0) is 12.3. The molecule has 0 spiro atoms. The number of nitrogens with zero attached hydrogens (tertiary/aromatic N) is 1. The van der Waals surface area contributed by atoms with E-state index in [2.05, 4.69) is 4.98 Å². The minimum atomic E-state index is -0.407. The van der Waals surface area contributed by atoms with Crippen LogP contribution in [0.1, 0.15) is 0 Å². The Morgan fingerprint density at radius 1 is 1.24 bits per heavy atom. The zero-order valence-corrected chi connectivity index (χ0v) is 9.18. The van der Waals surface area contributed by atoms with Gasteiger partial charge in [0.1, 0.15) is 11.6 Å². The van der Waals surface area contributed by atoms with Gasteiger partial charge in [0.25, 0.3) is 0 Å². The van der Waals surface area contributed by atoms with Crippen LogP contribution in [0.5, 0.6) is 17.4 Å². The quantitative estimate of drug-likeness (QED) is 0.829. The molecule has 0 saturated carbocycles. The third kappa shape index (κ3) is 2.63. The van der Waals surface area contributed by atoms with Gasteiger partial charge in [-0.25, -0.2) is 9.37 Å². The number of nitrogens with two attached hydrogens (primary N) is 1. The summed E-state index contributed by atoms with van der Waals surface area (Å²) in [5.74, 6) is 0.750. The van der Waals surface area contributed by atoms with Crippen molar-refractivity contribution in [3.63, 3.8) is 0 Å². The van der Waals surface area contributed by atoms with Gasteiger partial charge in [-0.05, 0) is 18.2 Å². The fourth-order valence-corrected chi connectivity index (χ4v) is 1.29. The van der Waals surface area contributed by atoms with Crippen molar-refractivity contribution in [3.8, 4) is 17.4 Å². The standard InChI is InChI=1S/C12H11FN2O2/c1-16-12-7-9(4-5-15-12)17-11-6-8(13)2-3-10(11)14/h2-7H,14H2,1H3. The Bertz CT molecular complexity index is 532. The lowest BCUT2D eigenvalue weighted by Crippen LogP contribution is -1.94. The molecule has 2 N–H and O–H groups in total. The SMILES string of the molecule is COc1cc(Oc2cc(F)ccc2N)ccn1. The molecule has 2 rings (SSSR count). The van der Waals surface area contributed by atoms with Crippen molar-refractivity contribution in [1.82, 2.24) is 4.98 Å². The monoisotopic (exact) mass is 234 g/mol. The van der Waals surface area contributed by atoms with Crippen LogP contribution in [0.3, 0.4) is 0 Å². The number of hydrogen-bond acceptors (Lipinski definition) is 4. The first-order chi connectivity index (χ1) is 8.19. The molecular weight excluding hydrogens is 223 g/mol. The van der Waals surface area contributed by atoms with Crippen molar-refractivity contribution < 1.29 is 13.9 Å². The fraction of sp³-hybridized carbons (Fsp3) is 0.0833. The first-order valence-corrected chi connectivity index (χ1v) is 4.92. The van der Waals surface area contributed by atoms with Gasteiger partial charge >= 0.3 is 0 Å². The summed E-state index contributed by atoms with van der Waals surface area (Å²) >= 11 is 0. The topological polar surface area (TPSA) is 57.4 Å². The second-order valence-corrected chi connectivity index (χ2v) is 3.32. The molecule has 0 saturated heterocycles. The number of methoxy groups -OCH3 is 1. The minimum Gasteiger partial charge on any atom is -0.481 e. The molecule has 4 nitrogen and oxygen atoms in total. The van der Waals surface area contributed by atoms with Crippen molar-refractivity contribution in [2.45, 2.75) is 0 Å². The molecule has 0 fully saturated rings. The Labute approximate surface area is 97.8 Å². The summed E-state index contributed by atoms with van der Waals surface area (Å²) in [5, 5.41) is 0. The van der Waals surface area contributed by atoms with Crippen molar-refractivity contribution in [1.29, 1.82) is 0 Å². The van der Waals surface area contributed by atoms with Gasteiger partial charge < -0.3 is 15.2 Å². The third-order valence-electron chi connectivity index (χ3n) is 2.12. The largest absolute Gasteiger partial charge is 0.481 e. The van der Waals surface area contributed by atoms with Crippen LogP contribution < -0.4 is 15.2 Å². The highest BCUT2D eigenvalue weighted by Gasteiger charge is 2.05. The predicted molar refractivity (Wildman–Crippen MR) is 61.7 cm³/mol. The number of hydrogen-bond donors (Lipinski definition) is 1. The number of pyridine rings is 1. The van der Waals surface area contributed by atoms with E-state index in [1.807, 2.05) is 0 Å². The number of ether oxygens (including phenoxy) is 2. The van der Waals surface area contributed by atoms with Gasteiger partial charge in [-0.1, -0.05) is 0 Å². The smallest absolute Gasteiger partial charge is 0.216 e. The first kappa shape index (κ1) is 11.2. The van der Waals surface area contributed by atoms with Crippen LogP contribution in [-0.2, 0) is 0 Å². The Hall–Kier alpha value is -2.30. The molecule has 5 heteroatoms. The number of halogens is 1. The van der Waals surface area contributed by atoms with Crippen LogP contribution in [0.15, 0.2) is 36.5 Å². The van der Waals surface area contributed by atoms with E-state index in [4.69, 9.17) is 15.2 Å². The minimum absolute atomic E-state index is 0.262. The zero-order valence-electron chi connectivity index (χ0n) is 9.18. The van der Waals surface area contributed by atoms with Gasteiger partial charge in [0.05, 0.1) is 12.8 Å². The van der Waals surface area contributed by atoms with Gasteiger partial charge in [-0.2, -0.15) is 0 Å². The Morgan fingerprint density at radius 2 is 2.06 bits per heavy atom. The summed E-state index contributed by atoms with van der Waals surface area (Å²) in [4.78, 5) is 3.93. The van der Waals surface area contributed by atoms with Crippen LogP contribution in [0.4, 0.5) is 10.1 Å². The number of anilines is 1. The highest BCUT2D eigenvalue weighted by Crippen LogP contribution is 2.29. The molecule has 0 aliphatic rings. The maximum absolute atomic E-state index is 13.0. The third-order valence-corrected chi connectivity index (χ3v) is 2.12. The molecule has 0 amide bonds.